The molecule has 0 aliphatic rings. The zero-order valence-corrected chi connectivity index (χ0v) is 16.4. The number of anilines is 2. The highest BCUT2D eigenvalue weighted by Gasteiger charge is 2.29. The fraction of sp³-hybridized carbons (Fsp3) is 0.316. The van der Waals surface area contributed by atoms with Crippen LogP contribution in [-0.2, 0) is 14.8 Å². The van der Waals surface area contributed by atoms with Crippen molar-refractivity contribution in [1.29, 1.82) is 0 Å². The molecule has 2 aromatic carbocycles. The Labute approximate surface area is 154 Å². The van der Waals surface area contributed by atoms with Gasteiger partial charge in [0.2, 0.25) is 15.9 Å². The van der Waals surface area contributed by atoms with Crippen molar-refractivity contribution in [2.45, 2.75) is 26.8 Å². The Kier molecular flexibility index (Phi) is 5.92. The van der Waals surface area contributed by atoms with Crippen molar-refractivity contribution < 1.29 is 17.9 Å². The number of sulfonamides is 1. The van der Waals surface area contributed by atoms with E-state index in [1.54, 1.807) is 43.3 Å². The van der Waals surface area contributed by atoms with Crippen molar-refractivity contribution in [2.24, 2.45) is 0 Å². The van der Waals surface area contributed by atoms with E-state index in [0.29, 0.717) is 17.1 Å². The number of nitrogens with zero attached hydrogens (tertiary/aromatic N) is 1. The van der Waals surface area contributed by atoms with E-state index in [4.69, 9.17) is 4.74 Å². The van der Waals surface area contributed by atoms with Crippen molar-refractivity contribution in [2.75, 3.05) is 23.0 Å². The van der Waals surface area contributed by atoms with Crippen LogP contribution in [0.25, 0.3) is 0 Å². The molecule has 26 heavy (non-hydrogen) atoms. The summed E-state index contributed by atoms with van der Waals surface area (Å²) in [6.45, 7) is 5.40. The summed E-state index contributed by atoms with van der Waals surface area (Å²) in [4.78, 5) is 12.7. The average molecular weight is 376 g/mol. The van der Waals surface area contributed by atoms with E-state index in [1.807, 2.05) is 19.9 Å². The van der Waals surface area contributed by atoms with Gasteiger partial charge in [0.1, 0.15) is 11.8 Å². The molecule has 2 rings (SSSR count). The molecule has 1 atom stereocenters. The molecular weight excluding hydrogens is 352 g/mol. The maximum absolute atomic E-state index is 12.7. The van der Waals surface area contributed by atoms with E-state index in [2.05, 4.69) is 5.32 Å². The molecule has 0 aromatic heterocycles. The number of ether oxygens (including phenoxy) is 1. The molecule has 0 aliphatic heterocycles. The van der Waals surface area contributed by atoms with Crippen LogP contribution in [0.3, 0.4) is 0 Å². The fourth-order valence-corrected chi connectivity index (χ4v) is 3.82. The molecule has 2 aromatic rings. The molecule has 1 amide bonds. The number of para-hydroxylation sites is 2. The minimum Gasteiger partial charge on any atom is -0.495 e. The van der Waals surface area contributed by atoms with E-state index in [-0.39, 0.29) is 0 Å². The van der Waals surface area contributed by atoms with Crippen LogP contribution in [0.4, 0.5) is 11.4 Å². The number of methoxy groups -OCH3 is 1. The second kappa shape index (κ2) is 7.78. The highest BCUT2D eigenvalue weighted by Crippen LogP contribution is 2.26. The van der Waals surface area contributed by atoms with Crippen LogP contribution in [0.1, 0.15) is 18.1 Å². The molecule has 6 nitrogen and oxygen atoms in total. The highest BCUT2D eigenvalue weighted by molar-refractivity contribution is 7.92. The lowest BCUT2D eigenvalue weighted by atomic mass is 10.1. The molecule has 1 N–H and O–H groups in total. The smallest absolute Gasteiger partial charge is 0.248 e. The molecule has 0 fully saturated rings. The van der Waals surface area contributed by atoms with Gasteiger partial charge in [0.25, 0.3) is 0 Å². The Morgan fingerprint density at radius 2 is 1.77 bits per heavy atom. The predicted molar refractivity (Wildman–Crippen MR) is 104 cm³/mol. The van der Waals surface area contributed by atoms with Gasteiger partial charge in [-0.2, -0.15) is 0 Å². The summed E-state index contributed by atoms with van der Waals surface area (Å²) in [6, 6.07) is 11.4. The predicted octanol–water partition coefficient (Wildman–Crippen LogP) is 3.11. The van der Waals surface area contributed by atoms with Gasteiger partial charge in [-0.25, -0.2) is 8.42 Å². The van der Waals surface area contributed by atoms with Crippen LogP contribution in [0.15, 0.2) is 42.5 Å². The molecule has 0 unspecified atom stereocenters. The molecule has 0 heterocycles. The maximum atomic E-state index is 12.7. The Hall–Kier alpha value is -2.54. The molecule has 0 bridgehead atoms. The molecule has 0 saturated carbocycles. The van der Waals surface area contributed by atoms with Gasteiger partial charge in [-0.05, 0) is 56.2 Å². The molecule has 0 saturated heterocycles. The number of carbonyl (C=O) groups excluding carboxylic acids is 1. The van der Waals surface area contributed by atoms with Gasteiger partial charge in [-0.1, -0.05) is 18.2 Å². The SMILES string of the molecule is COc1ccccc1NC(=O)[C@@H](C)N(c1ccc(C)c(C)c1)S(C)(=O)=O. The summed E-state index contributed by atoms with van der Waals surface area (Å²) < 4.78 is 31.1. The first-order chi connectivity index (χ1) is 12.1. The number of amides is 1. The van der Waals surface area contributed by atoms with E-state index in [9.17, 15) is 13.2 Å². The van der Waals surface area contributed by atoms with E-state index in [1.165, 1.54) is 7.11 Å². The van der Waals surface area contributed by atoms with Crippen LogP contribution in [-0.4, -0.2) is 33.7 Å². The standard InChI is InChI=1S/C19H24N2O4S/c1-13-10-11-16(12-14(13)2)21(26(5,23)24)15(3)19(22)20-17-8-6-7-9-18(17)25-4/h6-12,15H,1-5H3,(H,20,22)/t15-/m1/s1. The molecular formula is C19H24N2O4S. The first kappa shape index (κ1) is 19.8. The van der Waals surface area contributed by atoms with Crippen molar-refractivity contribution in [1.82, 2.24) is 0 Å². The number of carbonyl (C=O) groups is 1. The van der Waals surface area contributed by atoms with Crippen molar-refractivity contribution >= 4 is 27.3 Å². The first-order valence-electron chi connectivity index (χ1n) is 8.15. The van der Waals surface area contributed by atoms with Gasteiger partial charge in [0.15, 0.2) is 0 Å². The number of hydrogen-bond donors (Lipinski definition) is 1. The third kappa shape index (κ3) is 4.35. The minimum absolute atomic E-state index is 0.446. The van der Waals surface area contributed by atoms with Gasteiger partial charge in [-0.15, -0.1) is 0 Å². The lowest BCUT2D eigenvalue weighted by Gasteiger charge is -2.29. The summed E-state index contributed by atoms with van der Waals surface area (Å²) in [5.74, 6) is 0.0586. The molecule has 0 aliphatic carbocycles. The zero-order chi connectivity index (χ0) is 19.5. The molecule has 0 radical (unpaired) electrons. The van der Waals surface area contributed by atoms with E-state index < -0.39 is 22.0 Å². The number of benzene rings is 2. The summed E-state index contributed by atoms with van der Waals surface area (Å²) in [5.41, 5.74) is 2.94. The van der Waals surface area contributed by atoms with Crippen LogP contribution >= 0.6 is 0 Å². The molecule has 7 heteroatoms. The van der Waals surface area contributed by atoms with Gasteiger partial charge < -0.3 is 10.1 Å². The first-order valence-corrected chi connectivity index (χ1v) is 10.0. The number of aryl methyl sites for hydroxylation is 2. The topological polar surface area (TPSA) is 75.7 Å². The normalized spacial score (nSPS) is 12.3. The van der Waals surface area contributed by atoms with Gasteiger partial charge in [0.05, 0.1) is 24.7 Å². The molecule has 140 valence electrons. The number of nitrogens with one attached hydrogen (secondary N) is 1. The minimum atomic E-state index is -3.66. The van der Waals surface area contributed by atoms with E-state index in [0.717, 1.165) is 21.7 Å². The Morgan fingerprint density at radius 1 is 1.12 bits per heavy atom. The van der Waals surface area contributed by atoms with Crippen molar-refractivity contribution in [3.05, 3.63) is 53.6 Å². The lowest BCUT2D eigenvalue weighted by molar-refractivity contribution is -0.116. The second-order valence-corrected chi connectivity index (χ2v) is 8.05. The van der Waals surface area contributed by atoms with Crippen LogP contribution in [0.5, 0.6) is 5.75 Å². The lowest BCUT2D eigenvalue weighted by Crippen LogP contribution is -2.45. The van der Waals surface area contributed by atoms with Crippen molar-refractivity contribution in [3.63, 3.8) is 0 Å². The highest BCUT2D eigenvalue weighted by atomic mass is 32.2. The summed E-state index contributed by atoms with van der Waals surface area (Å²) in [5, 5.41) is 2.74. The third-order valence-corrected chi connectivity index (χ3v) is 5.44. The third-order valence-electron chi connectivity index (χ3n) is 4.20. The second-order valence-electron chi connectivity index (χ2n) is 6.19. The summed E-state index contributed by atoms with van der Waals surface area (Å²) in [6.07, 6.45) is 1.09. The summed E-state index contributed by atoms with van der Waals surface area (Å²) in [7, 11) is -2.15. The Morgan fingerprint density at radius 3 is 2.35 bits per heavy atom. The number of hydrogen-bond acceptors (Lipinski definition) is 4. The largest absolute Gasteiger partial charge is 0.495 e. The van der Waals surface area contributed by atoms with Crippen LogP contribution < -0.4 is 14.4 Å². The monoisotopic (exact) mass is 376 g/mol. The van der Waals surface area contributed by atoms with Crippen LogP contribution in [0, 0.1) is 13.8 Å². The van der Waals surface area contributed by atoms with E-state index >= 15 is 0 Å². The summed E-state index contributed by atoms with van der Waals surface area (Å²) >= 11 is 0. The fourth-order valence-electron chi connectivity index (χ4n) is 2.66. The Bertz CT molecular complexity index is 910. The van der Waals surface area contributed by atoms with Gasteiger partial charge in [0, 0.05) is 0 Å². The maximum Gasteiger partial charge on any atom is 0.248 e. The van der Waals surface area contributed by atoms with Gasteiger partial charge >= 0.3 is 0 Å². The van der Waals surface area contributed by atoms with Crippen LogP contribution in [0.2, 0.25) is 0 Å². The molecule has 0 spiro atoms. The average Bonchev–Trinajstić information content (AvgIpc) is 2.57. The van der Waals surface area contributed by atoms with Gasteiger partial charge in [-0.3, -0.25) is 9.10 Å². The van der Waals surface area contributed by atoms with Crippen molar-refractivity contribution in [3.8, 4) is 5.75 Å². The Balaban J connectivity index is 2.36. The number of rotatable bonds is 6. The quantitative estimate of drug-likeness (QED) is 0.840. The zero-order valence-electron chi connectivity index (χ0n) is 15.6.